The molecule has 1 N–H and O–H groups in total. The highest BCUT2D eigenvalue weighted by Crippen LogP contribution is 2.25. The molecule has 1 aliphatic rings. The molecule has 2 nitrogen and oxygen atoms in total. The van der Waals surface area contributed by atoms with Crippen LogP contribution in [0.4, 0.5) is 0 Å². The summed E-state index contributed by atoms with van der Waals surface area (Å²) < 4.78 is 0. The van der Waals surface area contributed by atoms with Crippen molar-refractivity contribution in [1.29, 1.82) is 0 Å². The zero-order chi connectivity index (χ0) is 7.61. The van der Waals surface area contributed by atoms with E-state index in [1.165, 1.54) is 6.42 Å². The molecule has 1 aliphatic heterocycles. The summed E-state index contributed by atoms with van der Waals surface area (Å²) in [5, 5.41) is 3.40. The Hall–Kier alpha value is -0.370. The normalized spacial score (nSPS) is 31.7. The summed E-state index contributed by atoms with van der Waals surface area (Å²) >= 11 is 0. The summed E-state index contributed by atoms with van der Waals surface area (Å²) in [5.74, 6) is 0. The van der Waals surface area contributed by atoms with Gasteiger partial charge in [-0.1, -0.05) is 13.8 Å². The Morgan fingerprint density at radius 1 is 1.60 bits per heavy atom. The Labute approximate surface area is 62.7 Å². The smallest absolute Gasteiger partial charge is 0.0425 e. The van der Waals surface area contributed by atoms with Crippen molar-refractivity contribution in [1.82, 2.24) is 5.32 Å². The van der Waals surface area contributed by atoms with Gasteiger partial charge < -0.3 is 5.32 Å². The third-order valence-corrected chi connectivity index (χ3v) is 1.94. The molecule has 1 atom stereocenters. The quantitative estimate of drug-likeness (QED) is 0.541. The van der Waals surface area contributed by atoms with Crippen LogP contribution in [-0.2, 0) is 0 Å². The van der Waals surface area contributed by atoms with Gasteiger partial charge in [0.15, 0.2) is 0 Å². The molecule has 0 unspecified atom stereocenters. The largest absolute Gasteiger partial charge is 0.309 e. The summed E-state index contributed by atoms with van der Waals surface area (Å²) in [4.78, 5) is 4.00. The van der Waals surface area contributed by atoms with Gasteiger partial charge in [0.1, 0.15) is 0 Å². The minimum absolute atomic E-state index is 0.464. The highest BCUT2D eigenvalue weighted by Gasteiger charge is 2.28. The molecule has 2 heteroatoms. The Morgan fingerprint density at radius 3 is 2.70 bits per heavy atom. The molecular formula is C8H16N2. The average molecular weight is 140 g/mol. The maximum absolute atomic E-state index is 4.00. The van der Waals surface area contributed by atoms with Gasteiger partial charge in [0.25, 0.3) is 0 Å². The standard InChI is InChI=1S/C8H16N2/c1-8(2)4-7(5-9-3)10-6-8/h5,7,10H,4,6H2,1-3H3/b9-5+/t7-/m1/s1. The molecule has 0 aromatic rings. The number of hydrogen-bond acceptors (Lipinski definition) is 2. The zero-order valence-corrected chi connectivity index (χ0v) is 7.02. The van der Waals surface area contributed by atoms with E-state index in [0.29, 0.717) is 11.5 Å². The van der Waals surface area contributed by atoms with E-state index >= 15 is 0 Å². The highest BCUT2D eigenvalue weighted by molar-refractivity contribution is 5.64. The fourth-order valence-corrected chi connectivity index (χ4v) is 1.43. The molecule has 1 saturated heterocycles. The summed E-state index contributed by atoms with van der Waals surface area (Å²) in [7, 11) is 1.83. The third-order valence-electron chi connectivity index (χ3n) is 1.94. The van der Waals surface area contributed by atoms with Gasteiger partial charge in [0, 0.05) is 25.8 Å². The molecule has 0 bridgehead atoms. The Balaban J connectivity index is 2.43. The molecule has 0 aromatic carbocycles. The molecule has 0 aliphatic carbocycles. The summed E-state index contributed by atoms with van der Waals surface area (Å²) in [6.45, 7) is 5.68. The second-order valence-corrected chi connectivity index (χ2v) is 3.76. The summed E-state index contributed by atoms with van der Waals surface area (Å²) in [6, 6.07) is 0.514. The monoisotopic (exact) mass is 140 g/mol. The summed E-state index contributed by atoms with van der Waals surface area (Å²) in [5.41, 5.74) is 0.464. The fourth-order valence-electron chi connectivity index (χ4n) is 1.43. The van der Waals surface area contributed by atoms with Gasteiger partial charge in [-0.3, -0.25) is 4.99 Å². The molecule has 0 saturated carbocycles. The Morgan fingerprint density at radius 2 is 2.30 bits per heavy atom. The first-order valence-electron chi connectivity index (χ1n) is 3.80. The van der Waals surface area contributed by atoms with Gasteiger partial charge in [0.2, 0.25) is 0 Å². The van der Waals surface area contributed by atoms with Crippen molar-refractivity contribution in [2.45, 2.75) is 26.3 Å². The van der Waals surface area contributed by atoms with Gasteiger partial charge in [-0.05, 0) is 11.8 Å². The number of nitrogens with one attached hydrogen (secondary N) is 1. The fraction of sp³-hybridized carbons (Fsp3) is 0.875. The number of aliphatic imine (C=N–C) groups is 1. The topological polar surface area (TPSA) is 24.4 Å². The Bertz CT molecular complexity index is 138. The molecule has 0 amide bonds. The van der Waals surface area contributed by atoms with E-state index in [1.807, 2.05) is 13.3 Å². The minimum Gasteiger partial charge on any atom is -0.309 e. The second kappa shape index (κ2) is 2.70. The molecule has 0 aromatic heterocycles. The zero-order valence-electron chi connectivity index (χ0n) is 7.02. The van der Waals surface area contributed by atoms with Crippen LogP contribution in [0.5, 0.6) is 0 Å². The molecule has 0 radical (unpaired) electrons. The van der Waals surface area contributed by atoms with E-state index < -0.39 is 0 Å². The lowest BCUT2D eigenvalue weighted by Crippen LogP contribution is -2.22. The van der Waals surface area contributed by atoms with Crippen molar-refractivity contribution in [3.63, 3.8) is 0 Å². The first kappa shape index (κ1) is 7.73. The van der Waals surface area contributed by atoms with E-state index in [0.717, 1.165) is 6.54 Å². The molecular weight excluding hydrogens is 124 g/mol. The van der Waals surface area contributed by atoms with Gasteiger partial charge in [-0.25, -0.2) is 0 Å². The molecule has 1 fully saturated rings. The predicted octanol–water partition coefficient (Wildman–Crippen LogP) is 1.08. The van der Waals surface area contributed by atoms with E-state index in [4.69, 9.17) is 0 Å². The van der Waals surface area contributed by atoms with Crippen LogP contribution in [0.2, 0.25) is 0 Å². The first-order valence-corrected chi connectivity index (χ1v) is 3.80. The highest BCUT2D eigenvalue weighted by atomic mass is 15.0. The number of nitrogens with zero attached hydrogens (tertiary/aromatic N) is 1. The molecule has 0 spiro atoms. The lowest BCUT2D eigenvalue weighted by atomic mass is 9.91. The molecule has 1 heterocycles. The van der Waals surface area contributed by atoms with Gasteiger partial charge in [-0.2, -0.15) is 0 Å². The van der Waals surface area contributed by atoms with E-state index in [9.17, 15) is 0 Å². The Kier molecular flexibility index (Phi) is 2.09. The lowest BCUT2D eigenvalue weighted by Gasteiger charge is -2.13. The van der Waals surface area contributed by atoms with Gasteiger partial charge in [0.05, 0.1) is 0 Å². The maximum atomic E-state index is 4.00. The van der Waals surface area contributed by atoms with Crippen LogP contribution in [0.15, 0.2) is 4.99 Å². The minimum atomic E-state index is 0.464. The van der Waals surface area contributed by atoms with E-state index in [-0.39, 0.29) is 0 Å². The second-order valence-electron chi connectivity index (χ2n) is 3.76. The predicted molar refractivity (Wildman–Crippen MR) is 44.6 cm³/mol. The first-order chi connectivity index (χ1) is 4.64. The van der Waals surface area contributed by atoms with Crippen molar-refractivity contribution in [3.05, 3.63) is 0 Å². The molecule has 58 valence electrons. The van der Waals surface area contributed by atoms with Crippen LogP contribution in [0.25, 0.3) is 0 Å². The van der Waals surface area contributed by atoms with E-state index in [1.54, 1.807) is 0 Å². The molecule has 1 rings (SSSR count). The van der Waals surface area contributed by atoms with Crippen LogP contribution in [0.1, 0.15) is 20.3 Å². The van der Waals surface area contributed by atoms with Crippen molar-refractivity contribution >= 4 is 6.21 Å². The van der Waals surface area contributed by atoms with Crippen molar-refractivity contribution in [3.8, 4) is 0 Å². The van der Waals surface area contributed by atoms with Gasteiger partial charge in [-0.15, -0.1) is 0 Å². The molecule has 10 heavy (non-hydrogen) atoms. The lowest BCUT2D eigenvalue weighted by molar-refractivity contribution is 0.410. The van der Waals surface area contributed by atoms with Crippen LogP contribution >= 0.6 is 0 Å². The average Bonchev–Trinajstić information content (AvgIpc) is 2.12. The van der Waals surface area contributed by atoms with Gasteiger partial charge >= 0.3 is 0 Å². The third kappa shape index (κ3) is 1.81. The van der Waals surface area contributed by atoms with E-state index in [2.05, 4.69) is 24.2 Å². The van der Waals surface area contributed by atoms with Crippen LogP contribution < -0.4 is 5.32 Å². The van der Waals surface area contributed by atoms with Crippen LogP contribution in [0, 0.1) is 5.41 Å². The van der Waals surface area contributed by atoms with Crippen LogP contribution in [0.3, 0.4) is 0 Å². The maximum Gasteiger partial charge on any atom is 0.0425 e. The van der Waals surface area contributed by atoms with Crippen molar-refractivity contribution in [2.75, 3.05) is 13.6 Å². The number of rotatable bonds is 1. The SMILES string of the molecule is C/N=C/[C@H]1CC(C)(C)CN1. The summed E-state index contributed by atoms with van der Waals surface area (Å²) in [6.07, 6.45) is 3.21. The van der Waals surface area contributed by atoms with Crippen LogP contribution in [-0.4, -0.2) is 25.8 Å². The van der Waals surface area contributed by atoms with Crippen molar-refractivity contribution in [2.24, 2.45) is 10.4 Å². The van der Waals surface area contributed by atoms with Crippen molar-refractivity contribution < 1.29 is 0 Å². The number of hydrogen-bond donors (Lipinski definition) is 1.